The van der Waals surface area contributed by atoms with Gasteiger partial charge >= 0.3 is 0 Å². The number of benzene rings is 1. The van der Waals surface area contributed by atoms with Gasteiger partial charge < -0.3 is 4.90 Å². The van der Waals surface area contributed by atoms with Crippen molar-refractivity contribution < 1.29 is 0 Å². The predicted molar refractivity (Wildman–Crippen MR) is 66.5 cm³/mol. The lowest BCUT2D eigenvalue weighted by atomic mass is 10.0. The number of para-hydroxylation sites is 1. The van der Waals surface area contributed by atoms with Gasteiger partial charge in [0.2, 0.25) is 0 Å². The van der Waals surface area contributed by atoms with Gasteiger partial charge in [-0.05, 0) is 45.2 Å². The van der Waals surface area contributed by atoms with Crippen LogP contribution < -0.4 is 4.90 Å². The normalized spacial score (nSPS) is 20.5. The van der Waals surface area contributed by atoms with Crippen LogP contribution >= 0.6 is 0 Å². The van der Waals surface area contributed by atoms with Crippen LogP contribution in [0.25, 0.3) is 0 Å². The van der Waals surface area contributed by atoms with E-state index >= 15 is 0 Å². The molecule has 2 rings (SSSR count). The second-order valence-electron chi connectivity index (χ2n) is 5.44. The Morgan fingerprint density at radius 1 is 1.27 bits per heavy atom. The number of hydrogen-bond acceptors (Lipinski definition) is 1. The minimum absolute atomic E-state index is 0.229. The Morgan fingerprint density at radius 2 is 1.93 bits per heavy atom. The smallest absolute Gasteiger partial charge is 0.0406 e. The SMILES string of the molecule is CCC1Cc2ccccc2N1C(C)(C)C. The Bertz CT molecular complexity index is 349. The van der Waals surface area contributed by atoms with Gasteiger partial charge in [0.1, 0.15) is 0 Å². The molecule has 0 bridgehead atoms. The van der Waals surface area contributed by atoms with Gasteiger partial charge in [0.05, 0.1) is 0 Å². The van der Waals surface area contributed by atoms with Gasteiger partial charge in [-0.2, -0.15) is 0 Å². The van der Waals surface area contributed by atoms with E-state index in [4.69, 9.17) is 0 Å². The lowest BCUT2D eigenvalue weighted by Gasteiger charge is -2.39. The van der Waals surface area contributed by atoms with Crippen molar-refractivity contribution in [1.82, 2.24) is 0 Å². The average molecular weight is 203 g/mol. The fourth-order valence-corrected chi connectivity index (χ4v) is 2.70. The molecule has 82 valence electrons. The fourth-order valence-electron chi connectivity index (χ4n) is 2.70. The molecule has 1 unspecified atom stereocenters. The molecule has 0 spiro atoms. The van der Waals surface area contributed by atoms with Crippen molar-refractivity contribution in [1.29, 1.82) is 0 Å². The second-order valence-corrected chi connectivity index (χ2v) is 5.44. The van der Waals surface area contributed by atoms with Crippen molar-refractivity contribution in [2.45, 2.75) is 52.1 Å². The van der Waals surface area contributed by atoms with E-state index in [-0.39, 0.29) is 5.54 Å². The molecule has 0 aliphatic carbocycles. The van der Waals surface area contributed by atoms with Crippen LogP contribution in [0.5, 0.6) is 0 Å². The molecule has 15 heavy (non-hydrogen) atoms. The molecule has 0 saturated heterocycles. The van der Waals surface area contributed by atoms with Crippen LogP contribution in [0.2, 0.25) is 0 Å². The molecule has 1 nitrogen and oxygen atoms in total. The summed E-state index contributed by atoms with van der Waals surface area (Å²) in [5.41, 5.74) is 3.18. The molecule has 1 aromatic carbocycles. The highest BCUT2D eigenvalue weighted by molar-refractivity contribution is 5.61. The van der Waals surface area contributed by atoms with Crippen LogP contribution in [0.15, 0.2) is 24.3 Å². The summed E-state index contributed by atoms with van der Waals surface area (Å²) in [6.45, 7) is 9.20. The molecule has 1 heterocycles. The van der Waals surface area contributed by atoms with Crippen LogP contribution in [0.3, 0.4) is 0 Å². The zero-order valence-electron chi connectivity index (χ0n) is 10.2. The van der Waals surface area contributed by atoms with Crippen molar-refractivity contribution in [2.75, 3.05) is 4.90 Å². The average Bonchev–Trinajstić information content (AvgIpc) is 2.54. The standard InChI is InChI=1S/C14H21N/c1-5-12-10-11-8-6-7-9-13(11)15(12)14(2,3)4/h6-9,12H,5,10H2,1-4H3. The first-order valence-electron chi connectivity index (χ1n) is 5.91. The Labute approximate surface area is 93.1 Å². The van der Waals surface area contributed by atoms with Crippen LogP contribution in [-0.4, -0.2) is 11.6 Å². The van der Waals surface area contributed by atoms with Gasteiger partial charge in [0.15, 0.2) is 0 Å². The lowest BCUT2D eigenvalue weighted by Crippen LogP contribution is -2.46. The van der Waals surface area contributed by atoms with Crippen LogP contribution in [0, 0.1) is 0 Å². The number of fused-ring (bicyclic) bond motifs is 1. The van der Waals surface area contributed by atoms with E-state index in [0.717, 1.165) is 0 Å². The van der Waals surface area contributed by atoms with E-state index in [1.165, 1.54) is 24.1 Å². The first-order valence-corrected chi connectivity index (χ1v) is 5.91. The largest absolute Gasteiger partial charge is 0.363 e. The van der Waals surface area contributed by atoms with Gasteiger partial charge in [-0.15, -0.1) is 0 Å². The van der Waals surface area contributed by atoms with E-state index in [2.05, 4.69) is 56.9 Å². The molecule has 0 N–H and O–H groups in total. The summed E-state index contributed by atoms with van der Waals surface area (Å²) in [6.07, 6.45) is 2.44. The highest BCUT2D eigenvalue weighted by Gasteiger charge is 2.34. The molecule has 1 aliphatic rings. The summed E-state index contributed by atoms with van der Waals surface area (Å²) in [5.74, 6) is 0. The van der Waals surface area contributed by atoms with Gasteiger partial charge in [0, 0.05) is 17.3 Å². The third kappa shape index (κ3) is 1.75. The number of rotatable bonds is 1. The van der Waals surface area contributed by atoms with E-state index in [1.54, 1.807) is 0 Å². The van der Waals surface area contributed by atoms with Crippen molar-refractivity contribution in [2.24, 2.45) is 0 Å². The minimum Gasteiger partial charge on any atom is -0.363 e. The van der Waals surface area contributed by atoms with Crippen LogP contribution in [-0.2, 0) is 6.42 Å². The molecule has 0 radical (unpaired) electrons. The third-order valence-electron chi connectivity index (χ3n) is 3.27. The first kappa shape index (κ1) is 10.5. The molecule has 0 aromatic heterocycles. The minimum atomic E-state index is 0.229. The van der Waals surface area contributed by atoms with E-state index < -0.39 is 0 Å². The zero-order chi connectivity index (χ0) is 11.1. The predicted octanol–water partition coefficient (Wildman–Crippen LogP) is 3.63. The summed E-state index contributed by atoms with van der Waals surface area (Å²) in [7, 11) is 0. The topological polar surface area (TPSA) is 3.24 Å². The van der Waals surface area contributed by atoms with Crippen molar-refractivity contribution in [3.05, 3.63) is 29.8 Å². The molecule has 1 aromatic rings. The molecule has 0 saturated carbocycles. The zero-order valence-corrected chi connectivity index (χ0v) is 10.2. The Kier molecular flexibility index (Phi) is 2.49. The van der Waals surface area contributed by atoms with Gasteiger partial charge in [-0.25, -0.2) is 0 Å². The summed E-state index contributed by atoms with van der Waals surface area (Å²) in [5, 5.41) is 0. The van der Waals surface area contributed by atoms with E-state index in [0.29, 0.717) is 6.04 Å². The molecule has 1 heteroatoms. The summed E-state index contributed by atoms with van der Waals surface area (Å²) in [4.78, 5) is 2.59. The third-order valence-corrected chi connectivity index (χ3v) is 3.27. The first-order chi connectivity index (χ1) is 7.04. The summed E-state index contributed by atoms with van der Waals surface area (Å²) < 4.78 is 0. The Balaban J connectivity index is 2.43. The number of anilines is 1. The van der Waals surface area contributed by atoms with Gasteiger partial charge in [-0.3, -0.25) is 0 Å². The Hall–Kier alpha value is -0.980. The molecule has 1 atom stereocenters. The quantitative estimate of drug-likeness (QED) is 0.673. The highest BCUT2D eigenvalue weighted by atomic mass is 15.2. The Morgan fingerprint density at radius 3 is 2.53 bits per heavy atom. The summed E-state index contributed by atoms with van der Waals surface area (Å²) in [6, 6.07) is 9.51. The van der Waals surface area contributed by atoms with Gasteiger partial charge in [0.25, 0.3) is 0 Å². The number of nitrogens with zero attached hydrogens (tertiary/aromatic N) is 1. The van der Waals surface area contributed by atoms with E-state index in [9.17, 15) is 0 Å². The lowest BCUT2D eigenvalue weighted by molar-refractivity contribution is 0.445. The van der Waals surface area contributed by atoms with Crippen molar-refractivity contribution >= 4 is 5.69 Å². The maximum Gasteiger partial charge on any atom is 0.0406 e. The molecule has 0 fully saturated rings. The van der Waals surface area contributed by atoms with E-state index in [1.807, 2.05) is 0 Å². The highest BCUT2D eigenvalue weighted by Crippen LogP contribution is 2.38. The maximum absolute atomic E-state index is 2.59. The molecule has 0 amide bonds. The maximum atomic E-state index is 2.59. The second kappa shape index (κ2) is 3.55. The monoisotopic (exact) mass is 203 g/mol. The van der Waals surface area contributed by atoms with Gasteiger partial charge in [-0.1, -0.05) is 25.1 Å². The molecular weight excluding hydrogens is 182 g/mol. The molecule has 1 aliphatic heterocycles. The van der Waals surface area contributed by atoms with Crippen molar-refractivity contribution in [3.63, 3.8) is 0 Å². The van der Waals surface area contributed by atoms with Crippen LogP contribution in [0.4, 0.5) is 5.69 Å². The summed E-state index contributed by atoms with van der Waals surface area (Å²) >= 11 is 0. The fraction of sp³-hybridized carbons (Fsp3) is 0.571. The van der Waals surface area contributed by atoms with Crippen LogP contribution in [0.1, 0.15) is 39.7 Å². The number of hydrogen-bond donors (Lipinski definition) is 0. The molecular formula is C14H21N. The van der Waals surface area contributed by atoms with Crippen molar-refractivity contribution in [3.8, 4) is 0 Å².